The molecule has 3 amide bonds. The number of nitrogens with one attached hydrogen (secondary N) is 1. The largest absolute Gasteiger partial charge is 0.460 e. The van der Waals surface area contributed by atoms with Gasteiger partial charge in [0.2, 0.25) is 11.8 Å². The first-order valence-corrected chi connectivity index (χ1v) is 14.3. The SMILES string of the molecule is C=CCCC(=O)NC[C@@H](C)OC(=O)[C@@H]1[C@H]2C(=O)N([C@H](C)CO)[C@H](C(=O)N(CC=C)c3ccccc3Cl)[C@]23CC[C@H]1O3. The summed E-state index contributed by atoms with van der Waals surface area (Å²) in [6, 6.07) is 5.08. The summed E-state index contributed by atoms with van der Waals surface area (Å²) in [6.45, 7) is 10.6. The molecule has 0 saturated carbocycles. The van der Waals surface area contributed by atoms with Crippen LogP contribution in [-0.4, -0.2) is 83.3 Å². The first-order chi connectivity index (χ1) is 19.6. The second-order valence-corrected chi connectivity index (χ2v) is 11.3. The summed E-state index contributed by atoms with van der Waals surface area (Å²) in [7, 11) is 0. The normalized spacial score (nSPS) is 27.6. The molecule has 0 radical (unpaired) electrons. The number of allylic oxidation sites excluding steroid dienone is 1. The smallest absolute Gasteiger partial charge is 0.312 e. The van der Waals surface area contributed by atoms with Crippen molar-refractivity contribution in [3.8, 4) is 0 Å². The minimum Gasteiger partial charge on any atom is -0.460 e. The van der Waals surface area contributed by atoms with Crippen LogP contribution in [0, 0.1) is 11.8 Å². The van der Waals surface area contributed by atoms with Gasteiger partial charge in [0.15, 0.2) is 0 Å². The predicted octanol–water partition coefficient (Wildman–Crippen LogP) is 2.63. The van der Waals surface area contributed by atoms with Gasteiger partial charge in [0.1, 0.15) is 17.7 Å². The number of esters is 1. The maximum absolute atomic E-state index is 14.4. The molecule has 4 rings (SSSR count). The Balaban J connectivity index is 1.62. The molecule has 222 valence electrons. The number of rotatable bonds is 13. The lowest BCUT2D eigenvalue weighted by Crippen LogP contribution is -2.58. The van der Waals surface area contributed by atoms with E-state index in [0.29, 0.717) is 30.0 Å². The van der Waals surface area contributed by atoms with E-state index in [9.17, 15) is 24.3 Å². The summed E-state index contributed by atoms with van der Waals surface area (Å²) < 4.78 is 12.1. The fraction of sp³-hybridized carbons (Fsp3) is 0.533. The van der Waals surface area contributed by atoms with E-state index in [2.05, 4.69) is 18.5 Å². The monoisotopic (exact) mass is 587 g/mol. The molecule has 2 N–H and O–H groups in total. The van der Waals surface area contributed by atoms with Crippen LogP contribution in [0.3, 0.4) is 0 Å². The van der Waals surface area contributed by atoms with E-state index in [1.165, 1.54) is 9.80 Å². The van der Waals surface area contributed by atoms with Gasteiger partial charge in [-0.1, -0.05) is 35.9 Å². The van der Waals surface area contributed by atoms with Crippen LogP contribution < -0.4 is 10.2 Å². The summed E-state index contributed by atoms with van der Waals surface area (Å²) in [5, 5.41) is 13.2. The molecule has 0 unspecified atom stereocenters. The van der Waals surface area contributed by atoms with Crippen LogP contribution in [0.25, 0.3) is 0 Å². The van der Waals surface area contributed by atoms with Gasteiger partial charge in [0.05, 0.1) is 47.8 Å². The van der Waals surface area contributed by atoms with Crippen molar-refractivity contribution in [3.05, 3.63) is 54.6 Å². The number of amides is 3. The Labute approximate surface area is 245 Å². The van der Waals surface area contributed by atoms with Crippen LogP contribution in [0.5, 0.6) is 0 Å². The third-order valence-electron chi connectivity index (χ3n) is 8.18. The van der Waals surface area contributed by atoms with Gasteiger partial charge in [-0.05, 0) is 45.2 Å². The number of nitrogens with zero attached hydrogens (tertiary/aromatic N) is 2. The molecule has 2 bridgehead atoms. The second kappa shape index (κ2) is 12.8. The van der Waals surface area contributed by atoms with Gasteiger partial charge in [-0.25, -0.2) is 0 Å². The number of halogens is 1. The molecule has 3 saturated heterocycles. The molecule has 3 aliphatic rings. The van der Waals surface area contributed by atoms with E-state index in [1.807, 2.05) is 0 Å². The number of hydrogen-bond acceptors (Lipinski definition) is 7. The van der Waals surface area contributed by atoms with E-state index < -0.39 is 59.5 Å². The number of para-hydroxylation sites is 1. The van der Waals surface area contributed by atoms with Gasteiger partial charge in [0, 0.05) is 13.0 Å². The zero-order valence-corrected chi connectivity index (χ0v) is 24.2. The van der Waals surface area contributed by atoms with E-state index in [4.69, 9.17) is 21.1 Å². The summed E-state index contributed by atoms with van der Waals surface area (Å²) in [4.78, 5) is 56.7. The van der Waals surface area contributed by atoms with Crippen LogP contribution in [0.15, 0.2) is 49.6 Å². The van der Waals surface area contributed by atoms with E-state index in [0.717, 1.165) is 0 Å². The quantitative estimate of drug-likeness (QED) is 0.268. The fourth-order valence-electron chi connectivity index (χ4n) is 6.35. The number of aliphatic hydroxyl groups is 1. The molecule has 1 aromatic rings. The van der Waals surface area contributed by atoms with Crippen molar-refractivity contribution < 1.29 is 33.8 Å². The van der Waals surface area contributed by atoms with Crippen molar-refractivity contribution in [1.82, 2.24) is 10.2 Å². The van der Waals surface area contributed by atoms with E-state index in [1.54, 1.807) is 50.3 Å². The highest BCUT2D eigenvalue weighted by Gasteiger charge is 2.75. The molecular formula is C30H38ClN3O7. The Hall–Kier alpha value is -3.21. The van der Waals surface area contributed by atoms with Crippen LogP contribution in [0.4, 0.5) is 5.69 Å². The summed E-state index contributed by atoms with van der Waals surface area (Å²) >= 11 is 6.46. The molecular weight excluding hydrogens is 550 g/mol. The van der Waals surface area contributed by atoms with E-state index >= 15 is 0 Å². The molecule has 0 aromatic heterocycles. The zero-order valence-electron chi connectivity index (χ0n) is 23.5. The number of carbonyl (C=O) groups excluding carboxylic acids is 4. The summed E-state index contributed by atoms with van der Waals surface area (Å²) in [5.41, 5.74) is -0.815. The number of benzene rings is 1. The van der Waals surface area contributed by atoms with Crippen LogP contribution >= 0.6 is 11.6 Å². The molecule has 7 atom stereocenters. The molecule has 3 fully saturated rings. The number of hydrogen-bond donors (Lipinski definition) is 2. The van der Waals surface area contributed by atoms with Gasteiger partial charge in [-0.15, -0.1) is 13.2 Å². The number of fused-ring (bicyclic) bond motifs is 1. The number of likely N-dealkylation sites (tertiary alicyclic amines) is 1. The molecule has 10 nitrogen and oxygen atoms in total. The van der Waals surface area contributed by atoms with Crippen LogP contribution in [0.2, 0.25) is 5.02 Å². The number of anilines is 1. The first kappa shape index (κ1) is 30.7. The fourth-order valence-corrected chi connectivity index (χ4v) is 6.59. The molecule has 3 aliphatic heterocycles. The average molecular weight is 588 g/mol. The average Bonchev–Trinajstić information content (AvgIpc) is 3.60. The Kier molecular flexibility index (Phi) is 9.56. The molecule has 41 heavy (non-hydrogen) atoms. The topological polar surface area (TPSA) is 125 Å². The summed E-state index contributed by atoms with van der Waals surface area (Å²) in [5.74, 6) is -3.53. The number of ether oxygens (including phenoxy) is 2. The maximum Gasteiger partial charge on any atom is 0.312 e. The molecule has 3 heterocycles. The van der Waals surface area contributed by atoms with Gasteiger partial charge in [-0.3, -0.25) is 19.2 Å². The minimum atomic E-state index is -1.27. The maximum atomic E-state index is 14.4. The highest BCUT2D eigenvalue weighted by atomic mass is 35.5. The minimum absolute atomic E-state index is 0.118. The standard InChI is InChI=1S/C30H38ClN3O7/c1-5-7-12-23(36)32-16-19(4)40-29(39)24-22-13-14-30(41-22)25(24)27(37)34(18(3)17-35)26(30)28(38)33(15-6-2)21-11-9-8-10-20(21)31/h5-6,8-11,18-19,22,24-26,35H,1-2,7,12-17H2,3-4H3,(H,32,36)/t18-,19-,22-,24+,25+,26-,30+/m1/s1. The van der Waals surface area contributed by atoms with Crippen molar-refractivity contribution >= 4 is 41.0 Å². The van der Waals surface area contributed by atoms with Crippen molar-refractivity contribution in [2.24, 2.45) is 11.8 Å². The Morgan fingerprint density at radius 3 is 2.68 bits per heavy atom. The van der Waals surface area contributed by atoms with Gasteiger partial charge in [-0.2, -0.15) is 0 Å². The van der Waals surface area contributed by atoms with Gasteiger partial charge in [0.25, 0.3) is 5.91 Å². The lowest BCUT2D eigenvalue weighted by atomic mass is 9.70. The van der Waals surface area contributed by atoms with E-state index in [-0.39, 0.29) is 32.0 Å². The lowest BCUT2D eigenvalue weighted by molar-refractivity contribution is -0.159. The Bertz CT molecular complexity index is 1210. The van der Waals surface area contributed by atoms with Crippen molar-refractivity contribution in [1.29, 1.82) is 0 Å². The highest BCUT2D eigenvalue weighted by molar-refractivity contribution is 6.34. The third kappa shape index (κ3) is 5.65. The highest BCUT2D eigenvalue weighted by Crippen LogP contribution is 2.59. The molecule has 1 spiro atoms. The van der Waals surface area contributed by atoms with Gasteiger partial charge >= 0.3 is 5.97 Å². The van der Waals surface area contributed by atoms with Gasteiger partial charge < -0.3 is 29.7 Å². The number of carbonyl (C=O) groups is 4. The molecule has 11 heteroatoms. The Morgan fingerprint density at radius 1 is 1.29 bits per heavy atom. The second-order valence-electron chi connectivity index (χ2n) is 10.9. The van der Waals surface area contributed by atoms with Crippen LogP contribution in [0.1, 0.15) is 39.5 Å². The first-order valence-electron chi connectivity index (χ1n) is 14.0. The molecule has 1 aromatic carbocycles. The van der Waals surface area contributed by atoms with Crippen molar-refractivity contribution in [2.45, 2.75) is 69.4 Å². The Morgan fingerprint density at radius 2 is 2.02 bits per heavy atom. The van der Waals surface area contributed by atoms with Crippen LogP contribution in [-0.2, 0) is 28.7 Å². The molecule has 0 aliphatic carbocycles. The van der Waals surface area contributed by atoms with Crippen molar-refractivity contribution in [3.63, 3.8) is 0 Å². The zero-order chi connectivity index (χ0) is 29.9. The summed E-state index contributed by atoms with van der Waals surface area (Å²) in [6.07, 6.45) is 3.66. The lowest BCUT2D eigenvalue weighted by Gasteiger charge is -2.38. The number of aliphatic hydroxyl groups excluding tert-OH is 1. The predicted molar refractivity (Wildman–Crippen MR) is 153 cm³/mol. The van der Waals surface area contributed by atoms with Crippen molar-refractivity contribution in [2.75, 3.05) is 24.6 Å². The third-order valence-corrected chi connectivity index (χ3v) is 8.50.